The molecule has 0 atom stereocenters. The summed E-state index contributed by atoms with van der Waals surface area (Å²) in [4.78, 5) is 0. The normalized spacial score (nSPS) is 12.0. The van der Waals surface area contributed by atoms with Crippen LogP contribution in [0.25, 0.3) is 0 Å². The third-order valence-electron chi connectivity index (χ3n) is 1.52. The van der Waals surface area contributed by atoms with Crippen molar-refractivity contribution in [1.29, 1.82) is 0 Å². The van der Waals surface area contributed by atoms with Crippen molar-refractivity contribution >= 4 is 11.6 Å². The summed E-state index contributed by atoms with van der Waals surface area (Å²) in [5.74, 6) is -2.54. The van der Waals surface area contributed by atoms with Crippen LogP contribution in [-0.2, 0) is 6.18 Å². The van der Waals surface area contributed by atoms with Crippen LogP contribution in [0.5, 0.6) is 5.75 Å². The first-order chi connectivity index (χ1) is 7.21. The van der Waals surface area contributed by atoms with E-state index in [0.717, 1.165) is 0 Å². The topological polar surface area (TPSA) is 9.23 Å². The molecular weight excluding hydrogens is 262 g/mol. The van der Waals surface area contributed by atoms with Crippen LogP contribution >= 0.6 is 11.6 Å². The Morgan fingerprint density at radius 2 is 1.75 bits per heavy atom. The summed E-state index contributed by atoms with van der Waals surface area (Å²) in [5, 5.41) is -1.04. The summed E-state index contributed by atoms with van der Waals surface area (Å²) in [5.41, 5.74) is -1.71. The summed E-state index contributed by atoms with van der Waals surface area (Å²) < 4.78 is 76.6. The fourth-order valence-electron chi connectivity index (χ4n) is 0.992. The predicted octanol–water partition coefficient (Wildman–Crippen LogP) is 4.10. The van der Waals surface area contributed by atoms with Gasteiger partial charge in [0.25, 0.3) is 0 Å². The zero-order valence-corrected chi connectivity index (χ0v) is 8.04. The minimum absolute atomic E-state index is 0.195. The second-order valence-corrected chi connectivity index (χ2v) is 3.05. The molecule has 0 aliphatic heterocycles. The van der Waals surface area contributed by atoms with E-state index in [1.54, 1.807) is 0 Å². The average molecular weight is 265 g/mol. The maximum absolute atomic E-state index is 12.9. The lowest BCUT2D eigenvalue weighted by atomic mass is 10.2. The molecular formula is C8H3ClF6O. The number of rotatable bonds is 2. The van der Waals surface area contributed by atoms with Crippen molar-refractivity contribution in [3.8, 4) is 5.75 Å². The molecule has 0 aliphatic rings. The van der Waals surface area contributed by atoms with E-state index in [0.29, 0.717) is 6.07 Å². The van der Waals surface area contributed by atoms with Crippen LogP contribution in [-0.4, -0.2) is 6.61 Å². The molecule has 0 saturated carbocycles. The third-order valence-corrected chi connectivity index (χ3v) is 1.82. The molecule has 0 spiro atoms. The van der Waals surface area contributed by atoms with E-state index in [1.807, 2.05) is 0 Å². The zero-order valence-electron chi connectivity index (χ0n) is 7.29. The summed E-state index contributed by atoms with van der Waals surface area (Å²) >= 11 is 5.12. The number of benzene rings is 1. The number of hydrogen-bond acceptors (Lipinski definition) is 1. The molecule has 8 heteroatoms. The minimum Gasteiger partial charge on any atom is -0.435 e. The van der Waals surface area contributed by atoms with Crippen molar-refractivity contribution in [2.75, 3.05) is 0 Å². The molecule has 16 heavy (non-hydrogen) atoms. The quantitative estimate of drug-likeness (QED) is 0.731. The lowest BCUT2D eigenvalue weighted by Gasteiger charge is -2.12. The molecule has 0 radical (unpaired) electrons. The van der Waals surface area contributed by atoms with Crippen LogP contribution < -0.4 is 4.74 Å². The Kier molecular flexibility index (Phi) is 3.57. The van der Waals surface area contributed by atoms with Gasteiger partial charge in [-0.05, 0) is 6.07 Å². The molecule has 90 valence electrons. The Balaban J connectivity index is 3.18. The van der Waals surface area contributed by atoms with Gasteiger partial charge in [-0.15, -0.1) is 0 Å². The average Bonchev–Trinajstić information content (AvgIpc) is 1.96. The summed E-state index contributed by atoms with van der Waals surface area (Å²) in [6.45, 7) is -3.27. The monoisotopic (exact) mass is 264 g/mol. The van der Waals surface area contributed by atoms with Crippen molar-refractivity contribution < 1.29 is 31.1 Å². The van der Waals surface area contributed by atoms with Crippen LogP contribution in [0.1, 0.15) is 5.56 Å². The van der Waals surface area contributed by atoms with Gasteiger partial charge in [-0.2, -0.15) is 22.0 Å². The second kappa shape index (κ2) is 4.40. The predicted molar refractivity (Wildman–Crippen MR) is 43.0 cm³/mol. The highest BCUT2D eigenvalue weighted by Crippen LogP contribution is 2.38. The fourth-order valence-corrected chi connectivity index (χ4v) is 1.30. The van der Waals surface area contributed by atoms with Gasteiger partial charge in [0.05, 0.1) is 5.02 Å². The highest BCUT2D eigenvalue weighted by molar-refractivity contribution is 6.31. The van der Waals surface area contributed by atoms with Gasteiger partial charge < -0.3 is 4.74 Å². The van der Waals surface area contributed by atoms with Crippen molar-refractivity contribution in [3.63, 3.8) is 0 Å². The minimum atomic E-state index is -5.00. The number of ether oxygens (including phenoxy) is 1. The molecule has 0 aromatic heterocycles. The third kappa shape index (κ3) is 2.94. The molecule has 0 heterocycles. The van der Waals surface area contributed by atoms with E-state index in [4.69, 9.17) is 11.6 Å². The molecule has 0 amide bonds. The van der Waals surface area contributed by atoms with Crippen molar-refractivity contribution in [2.24, 2.45) is 0 Å². The van der Waals surface area contributed by atoms with Gasteiger partial charge in [0.1, 0.15) is 17.1 Å². The molecule has 0 aliphatic carbocycles. The van der Waals surface area contributed by atoms with Gasteiger partial charge in [-0.25, -0.2) is 4.39 Å². The van der Waals surface area contributed by atoms with E-state index < -0.39 is 34.9 Å². The van der Waals surface area contributed by atoms with Crippen LogP contribution in [0, 0.1) is 5.82 Å². The highest BCUT2D eigenvalue weighted by atomic mass is 35.5. The van der Waals surface area contributed by atoms with Crippen LogP contribution in [0.2, 0.25) is 5.02 Å². The Hall–Kier alpha value is -1.11. The molecule has 0 bridgehead atoms. The van der Waals surface area contributed by atoms with Crippen molar-refractivity contribution in [2.45, 2.75) is 12.8 Å². The molecule has 1 nitrogen and oxygen atoms in total. The summed E-state index contributed by atoms with van der Waals surface area (Å²) in [6.07, 6.45) is -5.00. The lowest BCUT2D eigenvalue weighted by molar-refractivity contribution is -0.139. The first-order valence-corrected chi connectivity index (χ1v) is 4.10. The van der Waals surface area contributed by atoms with E-state index in [1.165, 1.54) is 0 Å². The first-order valence-electron chi connectivity index (χ1n) is 3.73. The number of alkyl halides is 5. The maximum atomic E-state index is 12.9. The lowest BCUT2D eigenvalue weighted by Crippen LogP contribution is -2.10. The second-order valence-electron chi connectivity index (χ2n) is 2.64. The molecule has 0 fully saturated rings. The standard InChI is InChI=1S/C8H3ClF6O/c9-4-1-3(16-7(11)12)2-5(10)6(4)8(13,14)15/h1-2,7H. The summed E-state index contributed by atoms with van der Waals surface area (Å²) in [6, 6.07) is 0.667. The Morgan fingerprint density at radius 3 is 2.12 bits per heavy atom. The smallest absolute Gasteiger partial charge is 0.420 e. The largest absolute Gasteiger partial charge is 0.435 e. The van der Waals surface area contributed by atoms with Gasteiger partial charge >= 0.3 is 12.8 Å². The van der Waals surface area contributed by atoms with E-state index in [9.17, 15) is 26.3 Å². The summed E-state index contributed by atoms with van der Waals surface area (Å²) in [7, 11) is 0. The molecule has 1 aromatic carbocycles. The SMILES string of the molecule is Fc1cc(OC(F)F)cc(Cl)c1C(F)(F)F. The maximum Gasteiger partial charge on any atom is 0.420 e. The molecule has 0 saturated heterocycles. The Labute approximate surface area is 90.6 Å². The number of halogens is 7. The van der Waals surface area contributed by atoms with Gasteiger partial charge in [0.15, 0.2) is 0 Å². The van der Waals surface area contributed by atoms with Gasteiger partial charge in [0.2, 0.25) is 0 Å². The molecule has 0 unspecified atom stereocenters. The van der Waals surface area contributed by atoms with Gasteiger partial charge in [-0.1, -0.05) is 11.6 Å². The van der Waals surface area contributed by atoms with Gasteiger partial charge in [0, 0.05) is 6.07 Å². The molecule has 0 N–H and O–H groups in total. The van der Waals surface area contributed by atoms with Crippen molar-refractivity contribution in [1.82, 2.24) is 0 Å². The zero-order chi connectivity index (χ0) is 12.5. The van der Waals surface area contributed by atoms with Crippen LogP contribution in [0.3, 0.4) is 0 Å². The van der Waals surface area contributed by atoms with Gasteiger partial charge in [-0.3, -0.25) is 0 Å². The first kappa shape index (κ1) is 13.0. The molecule has 1 aromatic rings. The Morgan fingerprint density at radius 1 is 1.19 bits per heavy atom. The van der Waals surface area contributed by atoms with Crippen molar-refractivity contribution in [3.05, 3.63) is 28.5 Å². The Bertz CT molecular complexity index is 366. The van der Waals surface area contributed by atoms with E-state index >= 15 is 0 Å². The molecule has 1 rings (SSSR count). The number of hydrogen-bond donors (Lipinski definition) is 0. The fraction of sp³-hybridized carbons (Fsp3) is 0.250. The van der Waals surface area contributed by atoms with E-state index in [2.05, 4.69) is 4.74 Å². The van der Waals surface area contributed by atoms with Crippen LogP contribution in [0.15, 0.2) is 12.1 Å². The highest BCUT2D eigenvalue weighted by Gasteiger charge is 2.37. The van der Waals surface area contributed by atoms with E-state index in [-0.39, 0.29) is 6.07 Å². The van der Waals surface area contributed by atoms with Crippen LogP contribution in [0.4, 0.5) is 26.3 Å².